The van der Waals surface area contributed by atoms with Crippen molar-refractivity contribution in [2.24, 2.45) is 10.7 Å². The summed E-state index contributed by atoms with van der Waals surface area (Å²) in [7, 11) is 0. The second-order valence-corrected chi connectivity index (χ2v) is 7.08. The van der Waals surface area contributed by atoms with Crippen LogP contribution in [-0.4, -0.2) is 51.1 Å². The fourth-order valence-electron chi connectivity index (χ4n) is 3.18. The van der Waals surface area contributed by atoms with E-state index in [1.165, 1.54) is 0 Å². The predicted molar refractivity (Wildman–Crippen MR) is 126 cm³/mol. The lowest BCUT2D eigenvalue weighted by Crippen LogP contribution is -2.37. The summed E-state index contributed by atoms with van der Waals surface area (Å²) in [5, 5.41) is 18.5. The Morgan fingerprint density at radius 1 is 1.09 bits per heavy atom. The molecule has 0 unspecified atom stereocenters. The van der Waals surface area contributed by atoms with E-state index in [4.69, 9.17) is 10.8 Å². The molecule has 168 valence electrons. The van der Waals surface area contributed by atoms with Crippen molar-refractivity contribution < 1.29 is 14.7 Å². The molecule has 2 heterocycles. The first-order chi connectivity index (χ1) is 16.0. The van der Waals surface area contributed by atoms with Crippen molar-refractivity contribution in [3.63, 3.8) is 0 Å². The molecule has 0 aliphatic heterocycles. The molecule has 0 bridgehead atoms. The zero-order chi connectivity index (χ0) is 23.2. The summed E-state index contributed by atoms with van der Waals surface area (Å²) >= 11 is 0. The summed E-state index contributed by atoms with van der Waals surface area (Å²) in [4.78, 5) is 40.5. The highest BCUT2D eigenvalue weighted by Crippen LogP contribution is 2.20. The number of aliphatic imine (C=N–C) groups is 1. The molecule has 0 saturated heterocycles. The van der Waals surface area contributed by atoms with Crippen LogP contribution < -0.4 is 21.7 Å². The van der Waals surface area contributed by atoms with E-state index in [2.05, 4.69) is 35.9 Å². The smallest absolute Gasteiger partial charge is 0.327 e. The normalized spacial score (nSPS) is 11.5. The van der Waals surface area contributed by atoms with E-state index in [-0.39, 0.29) is 24.1 Å². The number of anilines is 2. The number of guanidine groups is 1. The van der Waals surface area contributed by atoms with Gasteiger partial charge in [0.2, 0.25) is 5.95 Å². The number of aromatic nitrogens is 3. The Kier molecular flexibility index (Phi) is 6.41. The van der Waals surface area contributed by atoms with Gasteiger partial charge >= 0.3 is 6.03 Å². The number of aromatic amines is 1. The Bertz CT molecular complexity index is 1350. The van der Waals surface area contributed by atoms with E-state index in [0.29, 0.717) is 29.8 Å². The highest BCUT2D eigenvalue weighted by atomic mass is 16.3. The molecule has 3 amide bonds. The molecule has 7 N–H and O–H groups in total. The first kappa shape index (κ1) is 21.7. The Hall–Kier alpha value is -4.51. The number of rotatable bonds is 6. The number of carbonyl (C=O) groups excluding carboxylic acids is 2. The van der Waals surface area contributed by atoms with E-state index in [0.717, 1.165) is 10.8 Å². The minimum atomic E-state index is -0.539. The molecule has 4 aromatic rings. The summed E-state index contributed by atoms with van der Waals surface area (Å²) in [6.07, 6.45) is 2.12. The Morgan fingerprint density at radius 3 is 2.73 bits per heavy atom. The van der Waals surface area contributed by atoms with Crippen molar-refractivity contribution >= 4 is 51.5 Å². The molecule has 0 aliphatic carbocycles. The number of para-hydroxylation sites is 1. The number of imidazole rings is 1. The molecule has 0 fully saturated rings. The number of nitrogens with one attached hydrogen (secondary N) is 4. The molecular formula is C22H22N8O3. The number of urea groups is 1. The van der Waals surface area contributed by atoms with Gasteiger partial charge in [0, 0.05) is 24.7 Å². The number of fused-ring (bicyclic) bond motifs is 2. The van der Waals surface area contributed by atoms with E-state index in [1.807, 2.05) is 24.3 Å². The largest absolute Gasteiger partial charge is 0.396 e. The molecular weight excluding hydrogens is 424 g/mol. The quantitative estimate of drug-likeness (QED) is 0.151. The molecule has 0 atom stereocenters. The molecule has 11 nitrogen and oxygen atoms in total. The molecule has 11 heteroatoms. The molecule has 0 saturated carbocycles. The van der Waals surface area contributed by atoms with Gasteiger partial charge in [0.25, 0.3) is 5.91 Å². The third-order valence-corrected chi connectivity index (χ3v) is 4.70. The number of benzene rings is 2. The van der Waals surface area contributed by atoms with Crippen LogP contribution in [0.5, 0.6) is 0 Å². The van der Waals surface area contributed by atoms with Gasteiger partial charge in [-0.25, -0.2) is 14.8 Å². The van der Waals surface area contributed by atoms with Gasteiger partial charge in [0.15, 0.2) is 5.96 Å². The number of amides is 3. The average molecular weight is 446 g/mol. The summed E-state index contributed by atoms with van der Waals surface area (Å²) in [6.45, 7) is 0.280. The number of nitrogens with zero attached hydrogens (tertiary/aromatic N) is 3. The van der Waals surface area contributed by atoms with Gasteiger partial charge in [-0.3, -0.25) is 25.7 Å². The van der Waals surface area contributed by atoms with Crippen molar-refractivity contribution in [3.05, 3.63) is 60.3 Å². The Labute approximate surface area is 188 Å². The minimum absolute atomic E-state index is 0.0163. The van der Waals surface area contributed by atoms with Gasteiger partial charge in [-0.05, 0) is 30.0 Å². The molecule has 4 rings (SSSR count). The van der Waals surface area contributed by atoms with Crippen LogP contribution in [0.1, 0.15) is 16.8 Å². The van der Waals surface area contributed by atoms with Gasteiger partial charge < -0.3 is 15.8 Å². The van der Waals surface area contributed by atoms with Crippen molar-refractivity contribution in [2.75, 3.05) is 23.8 Å². The van der Waals surface area contributed by atoms with Crippen LogP contribution in [0.15, 0.2) is 59.7 Å². The van der Waals surface area contributed by atoms with Gasteiger partial charge in [0.1, 0.15) is 11.3 Å². The molecule has 2 aromatic heterocycles. The maximum absolute atomic E-state index is 12.6. The van der Waals surface area contributed by atoms with Crippen molar-refractivity contribution in [3.8, 4) is 0 Å². The van der Waals surface area contributed by atoms with Crippen molar-refractivity contribution in [1.29, 1.82) is 0 Å². The first-order valence-electron chi connectivity index (χ1n) is 10.2. The molecule has 0 spiro atoms. The first-order valence-corrected chi connectivity index (χ1v) is 10.2. The highest BCUT2D eigenvalue weighted by molar-refractivity contribution is 6.11. The fourth-order valence-corrected chi connectivity index (χ4v) is 3.18. The number of pyridine rings is 1. The van der Waals surface area contributed by atoms with E-state index < -0.39 is 11.9 Å². The third-order valence-electron chi connectivity index (χ3n) is 4.70. The zero-order valence-electron chi connectivity index (χ0n) is 17.5. The number of aliphatic hydroxyl groups is 1. The lowest BCUT2D eigenvalue weighted by atomic mass is 10.2. The van der Waals surface area contributed by atoms with Crippen LogP contribution in [0.3, 0.4) is 0 Å². The van der Waals surface area contributed by atoms with Crippen LogP contribution in [0.2, 0.25) is 0 Å². The molecule has 2 aromatic carbocycles. The number of hydrogen-bond donors (Lipinski definition) is 6. The number of nitrogens with two attached hydrogens (primary N) is 1. The van der Waals surface area contributed by atoms with Gasteiger partial charge in [-0.15, -0.1) is 0 Å². The number of H-pyrrole nitrogens is 1. The predicted octanol–water partition coefficient (Wildman–Crippen LogP) is 2.18. The second kappa shape index (κ2) is 9.75. The maximum Gasteiger partial charge on any atom is 0.327 e. The number of hydrogen-bond acceptors (Lipinski definition) is 6. The van der Waals surface area contributed by atoms with Crippen molar-refractivity contribution in [2.45, 2.75) is 6.42 Å². The lowest BCUT2D eigenvalue weighted by Gasteiger charge is -2.06. The lowest BCUT2D eigenvalue weighted by molar-refractivity contribution is 0.0978. The average Bonchev–Trinajstić information content (AvgIpc) is 3.21. The number of carbonyl (C=O) groups is 2. The topological polar surface area (TPSA) is 170 Å². The standard InChI is InChI=1S/C22H22N8O3/c23-20(24-9-4-10-31)29-19(32)15-7-3-8-16-18(15)28-21(26-16)30-22(33)27-17-11-13-5-1-2-6-14(13)12-25-17/h1-3,5-8,11-12,31H,4,9-10H2,(H3,23,24,29,32)(H3,25,26,27,28,30,33). The van der Waals surface area contributed by atoms with Crippen LogP contribution in [0.4, 0.5) is 16.6 Å². The summed E-state index contributed by atoms with van der Waals surface area (Å²) < 4.78 is 0. The Morgan fingerprint density at radius 2 is 1.91 bits per heavy atom. The Balaban J connectivity index is 1.47. The van der Waals surface area contributed by atoms with Gasteiger partial charge in [-0.2, -0.15) is 0 Å². The molecule has 0 radical (unpaired) electrons. The van der Waals surface area contributed by atoms with Crippen molar-refractivity contribution in [1.82, 2.24) is 20.3 Å². The third kappa shape index (κ3) is 5.22. The van der Waals surface area contributed by atoms with Crippen LogP contribution in [-0.2, 0) is 0 Å². The zero-order valence-corrected chi connectivity index (χ0v) is 17.5. The molecule has 0 aliphatic rings. The van der Waals surface area contributed by atoms with E-state index >= 15 is 0 Å². The SMILES string of the molecule is NC(=NCCCO)NC(=O)c1cccc2[nH]c(NC(=O)Nc3cc4ccccc4cn3)nc12. The van der Waals surface area contributed by atoms with E-state index in [9.17, 15) is 9.59 Å². The monoisotopic (exact) mass is 446 g/mol. The minimum Gasteiger partial charge on any atom is -0.396 e. The van der Waals surface area contributed by atoms with E-state index in [1.54, 1.807) is 30.5 Å². The van der Waals surface area contributed by atoms with Crippen LogP contribution in [0.25, 0.3) is 21.8 Å². The molecule has 33 heavy (non-hydrogen) atoms. The summed E-state index contributed by atoms with van der Waals surface area (Å²) in [5.74, 6) is 0.00164. The van der Waals surface area contributed by atoms with Gasteiger partial charge in [-0.1, -0.05) is 30.3 Å². The number of aliphatic hydroxyl groups excluding tert-OH is 1. The van der Waals surface area contributed by atoms with Crippen LogP contribution in [0, 0.1) is 0 Å². The highest BCUT2D eigenvalue weighted by Gasteiger charge is 2.15. The van der Waals surface area contributed by atoms with Crippen LogP contribution >= 0.6 is 0 Å². The maximum atomic E-state index is 12.6. The summed E-state index contributed by atoms with van der Waals surface area (Å²) in [5.41, 5.74) is 6.88. The second-order valence-electron chi connectivity index (χ2n) is 7.08. The fraction of sp³-hybridized carbons (Fsp3) is 0.136. The van der Waals surface area contributed by atoms with Gasteiger partial charge in [0.05, 0.1) is 11.1 Å². The summed E-state index contributed by atoms with van der Waals surface area (Å²) in [6, 6.07) is 13.9.